The highest BCUT2D eigenvalue weighted by atomic mass is 16.5. The molecule has 0 saturated carbocycles. The first kappa shape index (κ1) is 15.9. The molecule has 0 aromatic carbocycles. The highest BCUT2D eigenvalue weighted by molar-refractivity contribution is 5.74. The van der Waals surface area contributed by atoms with Gasteiger partial charge in [-0.15, -0.1) is 0 Å². The molecule has 1 aromatic heterocycles. The lowest BCUT2D eigenvalue weighted by atomic mass is 9.75. The molecule has 118 valence electrons. The summed E-state index contributed by atoms with van der Waals surface area (Å²) in [5, 5.41) is 13.5. The Bertz CT molecular complexity index is 476. The molecule has 1 aliphatic heterocycles. The average molecular weight is 295 g/mol. The smallest absolute Gasteiger partial charge is 0.309 e. The number of nitrogens with zero attached hydrogens (tertiary/aromatic N) is 3. The van der Waals surface area contributed by atoms with Crippen LogP contribution in [0.2, 0.25) is 0 Å². The Labute approximate surface area is 125 Å². The molecule has 2 heterocycles. The number of hydrogen-bond donors (Lipinski definition) is 1. The number of likely N-dealkylation sites (tertiary alicyclic amines) is 1. The molecule has 0 atom stereocenters. The SMILES string of the molecule is CCCC1(C(=O)O)CCN(Cc2nc(C(C)C)no2)CC1. The Hall–Kier alpha value is -1.43. The van der Waals surface area contributed by atoms with Gasteiger partial charge in [-0.1, -0.05) is 32.3 Å². The van der Waals surface area contributed by atoms with Gasteiger partial charge >= 0.3 is 5.97 Å². The summed E-state index contributed by atoms with van der Waals surface area (Å²) >= 11 is 0. The fraction of sp³-hybridized carbons (Fsp3) is 0.800. The molecule has 1 aromatic rings. The summed E-state index contributed by atoms with van der Waals surface area (Å²) in [5.41, 5.74) is -0.539. The van der Waals surface area contributed by atoms with Crippen LogP contribution in [-0.2, 0) is 11.3 Å². The summed E-state index contributed by atoms with van der Waals surface area (Å²) in [6.07, 6.45) is 3.06. The molecular formula is C15H25N3O3. The van der Waals surface area contributed by atoms with E-state index in [0.29, 0.717) is 25.3 Å². The third-order valence-corrected chi connectivity index (χ3v) is 4.35. The maximum atomic E-state index is 11.6. The Morgan fingerprint density at radius 2 is 2.10 bits per heavy atom. The van der Waals surface area contributed by atoms with E-state index in [0.717, 1.165) is 31.8 Å². The number of aromatic nitrogens is 2. The zero-order valence-electron chi connectivity index (χ0n) is 13.1. The molecule has 1 saturated heterocycles. The topological polar surface area (TPSA) is 79.5 Å². The van der Waals surface area contributed by atoms with Crippen LogP contribution in [0.25, 0.3) is 0 Å². The number of hydrogen-bond acceptors (Lipinski definition) is 5. The number of carboxylic acid groups (broad SMARTS) is 1. The minimum absolute atomic E-state index is 0.257. The standard InChI is InChI=1S/C15H25N3O3/c1-4-5-15(14(19)20)6-8-18(9-7-15)10-12-16-13(11(2)3)17-21-12/h11H,4-10H2,1-3H3,(H,19,20). The van der Waals surface area contributed by atoms with Crippen molar-refractivity contribution in [3.05, 3.63) is 11.7 Å². The summed E-state index contributed by atoms with van der Waals surface area (Å²) < 4.78 is 5.26. The molecule has 1 aliphatic rings. The Morgan fingerprint density at radius 1 is 1.43 bits per heavy atom. The molecule has 21 heavy (non-hydrogen) atoms. The molecule has 0 spiro atoms. The molecule has 0 bridgehead atoms. The van der Waals surface area contributed by atoms with Crippen molar-refractivity contribution in [1.82, 2.24) is 15.0 Å². The molecule has 1 fully saturated rings. The van der Waals surface area contributed by atoms with E-state index in [1.165, 1.54) is 0 Å². The van der Waals surface area contributed by atoms with Crippen molar-refractivity contribution in [1.29, 1.82) is 0 Å². The average Bonchev–Trinajstić information content (AvgIpc) is 2.90. The molecule has 0 unspecified atom stereocenters. The van der Waals surface area contributed by atoms with Crippen LogP contribution < -0.4 is 0 Å². The Kier molecular flexibility index (Phi) is 4.98. The zero-order chi connectivity index (χ0) is 15.5. The number of carbonyl (C=O) groups is 1. The monoisotopic (exact) mass is 295 g/mol. The summed E-state index contributed by atoms with van der Waals surface area (Å²) in [4.78, 5) is 18.1. The summed E-state index contributed by atoms with van der Waals surface area (Å²) in [6, 6.07) is 0. The molecule has 0 radical (unpaired) electrons. The second-order valence-electron chi connectivity index (χ2n) is 6.31. The lowest BCUT2D eigenvalue weighted by molar-refractivity contribution is -0.152. The maximum Gasteiger partial charge on any atom is 0.309 e. The van der Waals surface area contributed by atoms with E-state index in [-0.39, 0.29) is 5.92 Å². The third kappa shape index (κ3) is 3.61. The number of carboxylic acids is 1. The zero-order valence-corrected chi connectivity index (χ0v) is 13.1. The first-order valence-corrected chi connectivity index (χ1v) is 7.75. The van der Waals surface area contributed by atoms with Crippen molar-refractivity contribution in [3.8, 4) is 0 Å². The first-order chi connectivity index (χ1) is 9.97. The highest BCUT2D eigenvalue weighted by Crippen LogP contribution is 2.36. The Balaban J connectivity index is 1.92. The van der Waals surface area contributed by atoms with E-state index in [9.17, 15) is 9.90 Å². The minimum atomic E-state index is -0.649. The van der Waals surface area contributed by atoms with Crippen LogP contribution in [0.3, 0.4) is 0 Å². The van der Waals surface area contributed by atoms with Gasteiger partial charge in [0.15, 0.2) is 5.82 Å². The number of rotatable bonds is 6. The predicted octanol–water partition coefficient (Wildman–Crippen LogP) is 2.66. The van der Waals surface area contributed by atoms with Gasteiger partial charge in [-0.3, -0.25) is 9.69 Å². The summed E-state index contributed by atoms with van der Waals surface area (Å²) in [5.74, 6) is 0.960. The van der Waals surface area contributed by atoms with Crippen molar-refractivity contribution in [3.63, 3.8) is 0 Å². The van der Waals surface area contributed by atoms with E-state index in [2.05, 4.69) is 15.0 Å². The predicted molar refractivity (Wildman–Crippen MR) is 77.9 cm³/mol. The second kappa shape index (κ2) is 6.56. The van der Waals surface area contributed by atoms with Crippen LogP contribution in [-0.4, -0.2) is 39.2 Å². The number of piperidine rings is 1. The van der Waals surface area contributed by atoms with Gasteiger partial charge in [-0.05, 0) is 32.4 Å². The van der Waals surface area contributed by atoms with Crippen LogP contribution in [0.4, 0.5) is 0 Å². The van der Waals surface area contributed by atoms with Gasteiger partial charge in [0.1, 0.15) is 0 Å². The van der Waals surface area contributed by atoms with E-state index in [1.54, 1.807) is 0 Å². The molecule has 2 rings (SSSR count). The fourth-order valence-corrected chi connectivity index (χ4v) is 2.95. The molecular weight excluding hydrogens is 270 g/mol. The maximum absolute atomic E-state index is 11.6. The van der Waals surface area contributed by atoms with Crippen molar-refractivity contribution in [2.45, 2.75) is 58.9 Å². The van der Waals surface area contributed by atoms with Crippen LogP contribution >= 0.6 is 0 Å². The van der Waals surface area contributed by atoms with Gasteiger partial charge in [0, 0.05) is 5.92 Å². The fourth-order valence-electron chi connectivity index (χ4n) is 2.95. The van der Waals surface area contributed by atoms with Crippen molar-refractivity contribution in [2.75, 3.05) is 13.1 Å². The second-order valence-corrected chi connectivity index (χ2v) is 6.31. The minimum Gasteiger partial charge on any atom is -0.481 e. The van der Waals surface area contributed by atoms with Crippen LogP contribution in [0.15, 0.2) is 4.52 Å². The normalized spacial score (nSPS) is 19.0. The summed E-state index contributed by atoms with van der Waals surface area (Å²) in [7, 11) is 0. The molecule has 6 nitrogen and oxygen atoms in total. The van der Waals surface area contributed by atoms with Crippen molar-refractivity contribution < 1.29 is 14.4 Å². The lowest BCUT2D eigenvalue weighted by Gasteiger charge is -2.38. The van der Waals surface area contributed by atoms with Gasteiger partial charge in [-0.25, -0.2) is 0 Å². The van der Waals surface area contributed by atoms with Gasteiger partial charge in [0.25, 0.3) is 0 Å². The van der Waals surface area contributed by atoms with E-state index in [1.807, 2.05) is 20.8 Å². The van der Waals surface area contributed by atoms with Crippen LogP contribution in [0, 0.1) is 5.41 Å². The van der Waals surface area contributed by atoms with Crippen LogP contribution in [0.5, 0.6) is 0 Å². The van der Waals surface area contributed by atoms with Gasteiger partial charge in [0.2, 0.25) is 5.89 Å². The number of aliphatic carboxylic acids is 1. The summed E-state index contributed by atoms with van der Waals surface area (Å²) in [6.45, 7) is 8.25. The third-order valence-electron chi connectivity index (χ3n) is 4.35. The highest BCUT2D eigenvalue weighted by Gasteiger charge is 2.40. The van der Waals surface area contributed by atoms with Crippen LogP contribution in [0.1, 0.15) is 64.1 Å². The lowest BCUT2D eigenvalue weighted by Crippen LogP contribution is -2.44. The molecule has 1 N–H and O–H groups in total. The Morgan fingerprint density at radius 3 is 2.57 bits per heavy atom. The van der Waals surface area contributed by atoms with Gasteiger partial charge in [0.05, 0.1) is 12.0 Å². The van der Waals surface area contributed by atoms with Gasteiger partial charge in [-0.2, -0.15) is 4.98 Å². The molecule has 0 amide bonds. The van der Waals surface area contributed by atoms with E-state index >= 15 is 0 Å². The first-order valence-electron chi connectivity index (χ1n) is 7.75. The van der Waals surface area contributed by atoms with Crippen molar-refractivity contribution >= 4 is 5.97 Å². The van der Waals surface area contributed by atoms with Gasteiger partial charge < -0.3 is 9.63 Å². The van der Waals surface area contributed by atoms with E-state index < -0.39 is 11.4 Å². The molecule has 0 aliphatic carbocycles. The van der Waals surface area contributed by atoms with Crippen molar-refractivity contribution in [2.24, 2.45) is 5.41 Å². The largest absolute Gasteiger partial charge is 0.481 e. The molecule has 6 heteroatoms. The van der Waals surface area contributed by atoms with E-state index in [4.69, 9.17) is 4.52 Å². The quantitative estimate of drug-likeness (QED) is 0.869.